The average molecular weight is 426 g/mol. The molecule has 3 nitrogen and oxygen atoms in total. The van der Waals surface area contributed by atoms with Crippen LogP contribution in [0.3, 0.4) is 0 Å². The van der Waals surface area contributed by atoms with Gasteiger partial charge in [0, 0.05) is 0 Å². The number of ether oxygens (including phenoxy) is 2. The number of halogens is 1. The van der Waals surface area contributed by atoms with E-state index in [1.165, 1.54) is 77.0 Å². The van der Waals surface area contributed by atoms with Crippen molar-refractivity contribution in [2.75, 3.05) is 11.2 Å². The molecule has 0 aliphatic carbocycles. The summed E-state index contributed by atoms with van der Waals surface area (Å²) < 4.78 is 9.97. The van der Waals surface area contributed by atoms with E-state index in [1.807, 2.05) is 22.6 Å². The predicted octanol–water partition coefficient (Wildman–Crippen LogP) is 7.01. The Morgan fingerprint density at radius 1 is 0.682 bits per heavy atom. The van der Waals surface area contributed by atoms with Gasteiger partial charge in [-0.3, -0.25) is 0 Å². The van der Waals surface area contributed by atoms with Gasteiger partial charge in [-0.2, -0.15) is 0 Å². The number of alkyl halides is 1. The van der Waals surface area contributed by atoms with Gasteiger partial charge in [0.25, 0.3) is 0 Å². The Morgan fingerprint density at radius 3 is 1.50 bits per heavy atom. The molecule has 0 bridgehead atoms. The van der Waals surface area contributed by atoms with Crippen LogP contribution in [0.25, 0.3) is 0 Å². The van der Waals surface area contributed by atoms with Gasteiger partial charge in [-0.25, -0.2) is 4.79 Å². The summed E-state index contributed by atoms with van der Waals surface area (Å²) in [6.07, 6.45) is 18.1. The summed E-state index contributed by atoms with van der Waals surface area (Å²) in [6, 6.07) is 0. The van der Waals surface area contributed by atoms with Gasteiger partial charge >= 0.3 is 6.16 Å². The van der Waals surface area contributed by atoms with Gasteiger partial charge in [-0.15, -0.1) is 0 Å². The van der Waals surface area contributed by atoms with Crippen molar-refractivity contribution in [3.63, 3.8) is 0 Å². The summed E-state index contributed by atoms with van der Waals surface area (Å²) in [5.74, 6) is 0. The Labute approximate surface area is 151 Å². The molecule has 0 saturated heterocycles. The van der Waals surface area contributed by atoms with Crippen molar-refractivity contribution in [1.82, 2.24) is 0 Å². The third kappa shape index (κ3) is 18.1. The topological polar surface area (TPSA) is 35.5 Å². The molecule has 0 radical (unpaired) electrons. The van der Waals surface area contributed by atoms with Crippen LogP contribution in [0.5, 0.6) is 0 Å². The summed E-state index contributed by atoms with van der Waals surface area (Å²) in [5, 5.41) is 0. The fraction of sp³-hybridized carbons (Fsp3) is 0.944. The first kappa shape index (κ1) is 22.0. The molecule has 4 heteroatoms. The van der Waals surface area contributed by atoms with Gasteiger partial charge in [-0.05, 0) is 29.0 Å². The van der Waals surface area contributed by atoms with Gasteiger partial charge in [0.2, 0.25) is 0 Å². The minimum Gasteiger partial charge on any atom is -0.434 e. The van der Waals surface area contributed by atoms with E-state index in [1.54, 1.807) is 0 Å². The van der Waals surface area contributed by atoms with Gasteiger partial charge in [0.05, 0.1) is 6.61 Å². The van der Waals surface area contributed by atoms with Crippen LogP contribution in [0.2, 0.25) is 0 Å². The number of carbonyl (C=O) groups excluding carboxylic acids is 1. The lowest BCUT2D eigenvalue weighted by Crippen LogP contribution is -2.06. The molecule has 0 aromatic rings. The van der Waals surface area contributed by atoms with E-state index in [2.05, 4.69) is 11.7 Å². The van der Waals surface area contributed by atoms with Crippen LogP contribution < -0.4 is 0 Å². The molecule has 0 rings (SSSR count). The van der Waals surface area contributed by atoms with E-state index >= 15 is 0 Å². The van der Waals surface area contributed by atoms with Crippen LogP contribution in [0.1, 0.15) is 96.8 Å². The molecule has 0 spiro atoms. The summed E-state index contributed by atoms with van der Waals surface area (Å²) in [5.41, 5.74) is 0. The van der Waals surface area contributed by atoms with Crippen molar-refractivity contribution >= 4 is 28.7 Å². The molecule has 132 valence electrons. The second-order valence-corrected chi connectivity index (χ2v) is 6.57. The summed E-state index contributed by atoms with van der Waals surface area (Å²) in [4.78, 5) is 10.9. The molecule has 0 saturated carbocycles. The SMILES string of the molecule is CCCCCCCCCCCCCCCCOC(=O)OCI. The minimum atomic E-state index is -0.538. The second kappa shape index (κ2) is 19.0. The Hall–Kier alpha value is 0. The molecule has 0 N–H and O–H groups in total. The molecule has 0 aliphatic rings. The first-order chi connectivity index (χ1) is 10.8. The highest BCUT2D eigenvalue weighted by atomic mass is 127. The van der Waals surface area contributed by atoms with E-state index in [9.17, 15) is 4.79 Å². The van der Waals surface area contributed by atoms with Crippen LogP contribution in [0, 0.1) is 0 Å². The zero-order chi connectivity index (χ0) is 16.3. The highest BCUT2D eigenvalue weighted by molar-refractivity contribution is 14.1. The lowest BCUT2D eigenvalue weighted by molar-refractivity contribution is 0.0694. The van der Waals surface area contributed by atoms with E-state index in [-0.39, 0.29) is 0 Å². The largest absolute Gasteiger partial charge is 0.509 e. The van der Waals surface area contributed by atoms with Crippen molar-refractivity contribution in [2.45, 2.75) is 96.8 Å². The lowest BCUT2D eigenvalue weighted by atomic mass is 10.0. The standard InChI is InChI=1S/C18H35IO3/c1-2-3-4-5-6-7-8-9-10-11-12-13-14-15-16-21-18(20)22-17-19/h2-17H2,1H3. The zero-order valence-corrected chi connectivity index (χ0v) is 16.6. The zero-order valence-electron chi connectivity index (χ0n) is 14.4. The van der Waals surface area contributed by atoms with E-state index in [0.717, 1.165) is 12.8 Å². The van der Waals surface area contributed by atoms with Crippen molar-refractivity contribution in [3.05, 3.63) is 0 Å². The Morgan fingerprint density at radius 2 is 1.09 bits per heavy atom. The van der Waals surface area contributed by atoms with Crippen LogP contribution >= 0.6 is 22.6 Å². The number of hydrogen-bond donors (Lipinski definition) is 0. The Kier molecular flexibility index (Phi) is 19.0. The Balaban J connectivity index is 3.01. The van der Waals surface area contributed by atoms with Gasteiger partial charge in [0.1, 0.15) is 4.61 Å². The third-order valence-corrected chi connectivity index (χ3v) is 4.20. The van der Waals surface area contributed by atoms with E-state index in [0.29, 0.717) is 11.2 Å². The molecule has 0 aliphatic heterocycles. The first-order valence-corrected chi connectivity index (χ1v) is 10.7. The second-order valence-electron chi connectivity index (χ2n) is 5.95. The normalized spacial score (nSPS) is 10.6. The summed E-state index contributed by atoms with van der Waals surface area (Å²) in [7, 11) is 0. The fourth-order valence-corrected chi connectivity index (χ4v) is 2.79. The minimum absolute atomic E-state index is 0.356. The van der Waals surface area contributed by atoms with Crippen molar-refractivity contribution in [3.8, 4) is 0 Å². The molecule has 0 amide bonds. The molecule has 0 heterocycles. The maximum Gasteiger partial charge on any atom is 0.509 e. The quantitative estimate of drug-likeness (QED) is 0.115. The molecular formula is C18H35IO3. The summed E-state index contributed by atoms with van der Waals surface area (Å²) in [6.45, 7) is 2.76. The van der Waals surface area contributed by atoms with Gasteiger partial charge in [0.15, 0.2) is 0 Å². The lowest BCUT2D eigenvalue weighted by Gasteiger charge is -2.04. The van der Waals surface area contributed by atoms with Crippen molar-refractivity contribution in [2.24, 2.45) is 0 Å². The van der Waals surface area contributed by atoms with Gasteiger partial charge < -0.3 is 9.47 Å². The molecule has 0 aromatic carbocycles. The predicted molar refractivity (Wildman–Crippen MR) is 102 cm³/mol. The van der Waals surface area contributed by atoms with Crippen LogP contribution in [0.15, 0.2) is 0 Å². The van der Waals surface area contributed by atoms with Crippen molar-refractivity contribution in [1.29, 1.82) is 0 Å². The molecular weight excluding hydrogens is 391 g/mol. The average Bonchev–Trinajstić information content (AvgIpc) is 2.51. The highest BCUT2D eigenvalue weighted by Crippen LogP contribution is 2.12. The number of carbonyl (C=O) groups is 1. The van der Waals surface area contributed by atoms with E-state index < -0.39 is 6.16 Å². The smallest absolute Gasteiger partial charge is 0.434 e. The monoisotopic (exact) mass is 426 g/mol. The highest BCUT2D eigenvalue weighted by Gasteiger charge is 2.01. The molecule has 0 aromatic heterocycles. The van der Waals surface area contributed by atoms with Gasteiger partial charge in [-0.1, -0.05) is 90.4 Å². The first-order valence-electron chi connectivity index (χ1n) is 9.16. The van der Waals surface area contributed by atoms with Crippen molar-refractivity contribution < 1.29 is 14.3 Å². The molecule has 0 atom stereocenters. The third-order valence-electron chi connectivity index (χ3n) is 3.89. The number of unbranched alkanes of at least 4 members (excludes halogenated alkanes) is 13. The summed E-state index contributed by atoms with van der Waals surface area (Å²) >= 11 is 1.98. The van der Waals surface area contributed by atoms with Crippen LogP contribution in [-0.4, -0.2) is 17.4 Å². The molecule has 22 heavy (non-hydrogen) atoms. The fourth-order valence-electron chi connectivity index (χ4n) is 2.54. The van der Waals surface area contributed by atoms with Crippen LogP contribution in [-0.2, 0) is 9.47 Å². The number of rotatable bonds is 16. The number of hydrogen-bond acceptors (Lipinski definition) is 3. The molecule has 0 unspecified atom stereocenters. The van der Waals surface area contributed by atoms with Crippen LogP contribution in [0.4, 0.5) is 4.79 Å². The maximum absolute atomic E-state index is 10.9. The maximum atomic E-state index is 10.9. The Bertz CT molecular complexity index is 234. The van der Waals surface area contributed by atoms with E-state index in [4.69, 9.17) is 4.74 Å². The molecule has 0 fully saturated rings.